The summed E-state index contributed by atoms with van der Waals surface area (Å²) in [5, 5.41) is 9.43. The number of nitrogens with one attached hydrogen (secondary N) is 2. The SMILES string of the molecule is NCC1CCCC1Nc1cn[nH]c(=O)c1Cl. The van der Waals surface area contributed by atoms with Gasteiger partial charge in [-0.3, -0.25) is 4.79 Å². The fraction of sp³-hybridized carbons (Fsp3) is 0.600. The van der Waals surface area contributed by atoms with Gasteiger partial charge >= 0.3 is 0 Å². The van der Waals surface area contributed by atoms with Gasteiger partial charge in [-0.1, -0.05) is 18.0 Å². The zero-order chi connectivity index (χ0) is 11.5. The third kappa shape index (κ3) is 2.20. The van der Waals surface area contributed by atoms with Crippen molar-refractivity contribution < 1.29 is 0 Å². The minimum Gasteiger partial charge on any atom is -0.379 e. The molecule has 88 valence electrons. The van der Waals surface area contributed by atoms with Crippen LogP contribution >= 0.6 is 11.6 Å². The summed E-state index contributed by atoms with van der Waals surface area (Å²) < 4.78 is 0. The molecular formula is C10H15ClN4O. The van der Waals surface area contributed by atoms with Gasteiger partial charge in [-0.25, -0.2) is 5.10 Å². The van der Waals surface area contributed by atoms with Crippen LogP contribution in [0.2, 0.25) is 5.02 Å². The lowest BCUT2D eigenvalue weighted by Gasteiger charge is -2.20. The second-order valence-corrected chi connectivity index (χ2v) is 4.48. The number of nitrogens with zero attached hydrogens (tertiary/aromatic N) is 1. The van der Waals surface area contributed by atoms with Gasteiger partial charge in [0.05, 0.1) is 11.9 Å². The fourth-order valence-electron chi connectivity index (χ4n) is 2.19. The minimum atomic E-state index is -0.367. The summed E-state index contributed by atoms with van der Waals surface area (Å²) in [5.74, 6) is 0.454. The summed E-state index contributed by atoms with van der Waals surface area (Å²) in [6.45, 7) is 0.659. The van der Waals surface area contributed by atoms with Crippen LogP contribution < -0.4 is 16.6 Å². The Morgan fingerprint density at radius 1 is 1.62 bits per heavy atom. The number of H-pyrrole nitrogens is 1. The lowest BCUT2D eigenvalue weighted by atomic mass is 10.0. The van der Waals surface area contributed by atoms with Crippen molar-refractivity contribution in [2.24, 2.45) is 11.7 Å². The smallest absolute Gasteiger partial charge is 0.285 e. The standard InChI is InChI=1S/C10H15ClN4O/c11-9-8(5-13-15-10(9)16)14-7-3-1-2-6(7)4-12/h5-7H,1-4,12H2,(H2,14,15,16). The van der Waals surface area contributed by atoms with Crippen molar-refractivity contribution >= 4 is 17.3 Å². The molecule has 1 fully saturated rings. The van der Waals surface area contributed by atoms with E-state index in [0.29, 0.717) is 24.2 Å². The Balaban J connectivity index is 2.14. The van der Waals surface area contributed by atoms with Crippen molar-refractivity contribution in [3.8, 4) is 0 Å². The van der Waals surface area contributed by atoms with Crippen molar-refractivity contribution in [1.29, 1.82) is 0 Å². The Hall–Kier alpha value is -1.07. The van der Waals surface area contributed by atoms with Crippen LogP contribution in [0.5, 0.6) is 0 Å². The molecule has 0 spiro atoms. The van der Waals surface area contributed by atoms with Crippen LogP contribution in [0.1, 0.15) is 19.3 Å². The molecule has 5 nitrogen and oxygen atoms in total. The zero-order valence-corrected chi connectivity index (χ0v) is 9.63. The fourth-order valence-corrected chi connectivity index (χ4v) is 2.34. The average molecular weight is 243 g/mol. The van der Waals surface area contributed by atoms with Crippen molar-refractivity contribution in [2.75, 3.05) is 11.9 Å². The Morgan fingerprint density at radius 3 is 3.19 bits per heavy atom. The second kappa shape index (κ2) is 4.84. The first-order valence-electron chi connectivity index (χ1n) is 5.42. The number of hydrogen-bond donors (Lipinski definition) is 3. The van der Waals surface area contributed by atoms with Gasteiger partial charge in [0.15, 0.2) is 0 Å². The van der Waals surface area contributed by atoms with Gasteiger partial charge in [0, 0.05) is 6.04 Å². The van der Waals surface area contributed by atoms with Crippen LogP contribution in [0.25, 0.3) is 0 Å². The van der Waals surface area contributed by atoms with Crippen LogP contribution in [0, 0.1) is 5.92 Å². The summed E-state index contributed by atoms with van der Waals surface area (Å²) >= 11 is 5.89. The van der Waals surface area contributed by atoms with E-state index in [1.165, 1.54) is 6.20 Å². The summed E-state index contributed by atoms with van der Waals surface area (Å²) in [6, 6.07) is 0.297. The topological polar surface area (TPSA) is 83.8 Å². The van der Waals surface area contributed by atoms with Crippen molar-refractivity contribution in [1.82, 2.24) is 10.2 Å². The molecule has 1 aromatic rings. The number of rotatable bonds is 3. The predicted octanol–water partition coefficient (Wildman–Crippen LogP) is 0.963. The largest absolute Gasteiger partial charge is 0.379 e. The lowest BCUT2D eigenvalue weighted by molar-refractivity contribution is 0.516. The molecule has 4 N–H and O–H groups in total. The van der Waals surface area contributed by atoms with Crippen molar-refractivity contribution in [2.45, 2.75) is 25.3 Å². The first kappa shape index (κ1) is 11.4. The number of nitrogens with two attached hydrogens (primary N) is 1. The molecule has 1 saturated carbocycles. The maximum atomic E-state index is 11.2. The number of aromatic nitrogens is 2. The molecule has 1 heterocycles. The molecular weight excluding hydrogens is 228 g/mol. The highest BCUT2D eigenvalue weighted by Gasteiger charge is 2.26. The van der Waals surface area contributed by atoms with Gasteiger partial charge in [-0.15, -0.1) is 0 Å². The summed E-state index contributed by atoms with van der Waals surface area (Å²) in [6.07, 6.45) is 4.89. The monoisotopic (exact) mass is 242 g/mol. The Kier molecular flexibility index (Phi) is 3.46. The first-order chi connectivity index (χ1) is 7.72. The summed E-state index contributed by atoms with van der Waals surface area (Å²) in [5.41, 5.74) is 5.92. The molecule has 2 rings (SSSR count). The number of aromatic amines is 1. The van der Waals surface area contributed by atoms with E-state index in [-0.39, 0.29) is 10.6 Å². The number of anilines is 1. The quantitative estimate of drug-likeness (QED) is 0.737. The van der Waals surface area contributed by atoms with Crippen LogP contribution in [0.15, 0.2) is 11.0 Å². The lowest BCUT2D eigenvalue weighted by Crippen LogP contribution is -2.30. The zero-order valence-electron chi connectivity index (χ0n) is 8.87. The summed E-state index contributed by atoms with van der Waals surface area (Å²) in [4.78, 5) is 11.2. The van der Waals surface area contributed by atoms with Crippen LogP contribution in [0.3, 0.4) is 0 Å². The summed E-state index contributed by atoms with van der Waals surface area (Å²) in [7, 11) is 0. The molecule has 0 aliphatic heterocycles. The van der Waals surface area contributed by atoms with E-state index in [2.05, 4.69) is 15.5 Å². The van der Waals surface area contributed by atoms with Gasteiger partial charge in [0.2, 0.25) is 0 Å². The van der Waals surface area contributed by atoms with E-state index in [1.807, 2.05) is 0 Å². The second-order valence-electron chi connectivity index (χ2n) is 4.10. The number of halogens is 1. The Morgan fingerprint density at radius 2 is 2.44 bits per heavy atom. The molecule has 16 heavy (non-hydrogen) atoms. The third-order valence-electron chi connectivity index (χ3n) is 3.10. The van der Waals surface area contributed by atoms with Crippen LogP contribution in [0.4, 0.5) is 5.69 Å². The molecule has 0 saturated heterocycles. The molecule has 1 aliphatic rings. The molecule has 2 atom stereocenters. The van der Waals surface area contributed by atoms with E-state index in [4.69, 9.17) is 17.3 Å². The molecule has 1 aliphatic carbocycles. The van der Waals surface area contributed by atoms with E-state index in [9.17, 15) is 4.79 Å². The van der Waals surface area contributed by atoms with Gasteiger partial charge in [-0.05, 0) is 25.3 Å². The predicted molar refractivity (Wildman–Crippen MR) is 63.7 cm³/mol. The van der Waals surface area contributed by atoms with Gasteiger partial charge < -0.3 is 11.1 Å². The maximum absolute atomic E-state index is 11.2. The highest BCUT2D eigenvalue weighted by Crippen LogP contribution is 2.28. The van der Waals surface area contributed by atoms with Crippen LogP contribution in [-0.2, 0) is 0 Å². The van der Waals surface area contributed by atoms with Crippen LogP contribution in [-0.4, -0.2) is 22.8 Å². The molecule has 1 aromatic heterocycles. The molecule has 6 heteroatoms. The van der Waals surface area contributed by atoms with Gasteiger partial charge in [0.1, 0.15) is 5.02 Å². The Labute approximate surface area is 98.4 Å². The molecule has 2 unspecified atom stereocenters. The molecule has 0 radical (unpaired) electrons. The van der Waals surface area contributed by atoms with Crippen molar-refractivity contribution in [3.05, 3.63) is 21.6 Å². The normalized spacial score (nSPS) is 24.6. The molecule has 0 bridgehead atoms. The highest BCUT2D eigenvalue weighted by molar-refractivity contribution is 6.32. The maximum Gasteiger partial charge on any atom is 0.285 e. The van der Waals surface area contributed by atoms with Gasteiger partial charge in [-0.2, -0.15) is 5.10 Å². The average Bonchev–Trinajstić information content (AvgIpc) is 2.72. The van der Waals surface area contributed by atoms with Gasteiger partial charge in [0.25, 0.3) is 5.56 Å². The molecule has 0 aromatic carbocycles. The first-order valence-corrected chi connectivity index (χ1v) is 5.80. The van der Waals surface area contributed by atoms with E-state index < -0.39 is 0 Å². The number of hydrogen-bond acceptors (Lipinski definition) is 4. The molecule has 0 amide bonds. The van der Waals surface area contributed by atoms with Crippen molar-refractivity contribution in [3.63, 3.8) is 0 Å². The van der Waals surface area contributed by atoms with E-state index in [0.717, 1.165) is 19.3 Å². The highest BCUT2D eigenvalue weighted by atomic mass is 35.5. The Bertz CT molecular complexity index is 420. The van der Waals surface area contributed by atoms with E-state index >= 15 is 0 Å². The minimum absolute atomic E-state index is 0.165. The third-order valence-corrected chi connectivity index (χ3v) is 3.47. The van der Waals surface area contributed by atoms with E-state index in [1.54, 1.807) is 0 Å².